The van der Waals surface area contributed by atoms with E-state index in [0.717, 1.165) is 4.90 Å². The van der Waals surface area contributed by atoms with E-state index in [1.807, 2.05) is 25.1 Å². The van der Waals surface area contributed by atoms with Crippen LogP contribution in [0.2, 0.25) is 10.0 Å². The van der Waals surface area contributed by atoms with Gasteiger partial charge in [0.15, 0.2) is 11.5 Å². The highest BCUT2D eigenvalue weighted by Gasteiger charge is 2.19. The molecule has 0 aliphatic heterocycles. The molecular weight excluding hydrogens is 495 g/mol. The minimum Gasteiger partial charge on any atom is -0.493 e. The molecule has 9 heteroatoms. The van der Waals surface area contributed by atoms with Gasteiger partial charge in [0.1, 0.15) is 0 Å². The van der Waals surface area contributed by atoms with Crippen molar-refractivity contribution in [1.82, 2.24) is 0 Å². The summed E-state index contributed by atoms with van der Waals surface area (Å²) < 4.78 is 10.5. The minimum atomic E-state index is -0.352. The van der Waals surface area contributed by atoms with Gasteiger partial charge in [-0.25, -0.2) is 0 Å². The van der Waals surface area contributed by atoms with Crippen molar-refractivity contribution in [2.24, 2.45) is 0 Å². The molecule has 0 aliphatic carbocycles. The first kappa shape index (κ1) is 25.7. The predicted octanol–water partition coefficient (Wildman–Crippen LogP) is 6.77. The molecule has 2 N–H and O–H groups in total. The third kappa shape index (κ3) is 6.82. The summed E-state index contributed by atoms with van der Waals surface area (Å²) in [4.78, 5) is 26.4. The Hall–Kier alpha value is -2.87. The smallest absolute Gasteiger partial charge is 0.255 e. The fourth-order valence-corrected chi connectivity index (χ4v) is 4.70. The second-order valence-electron chi connectivity index (χ2n) is 7.21. The zero-order valence-corrected chi connectivity index (χ0v) is 21.2. The van der Waals surface area contributed by atoms with Gasteiger partial charge in [0.2, 0.25) is 5.91 Å². The number of benzene rings is 3. The third-order valence-electron chi connectivity index (χ3n) is 4.81. The van der Waals surface area contributed by atoms with Gasteiger partial charge in [0.05, 0.1) is 19.5 Å². The van der Waals surface area contributed by atoms with Crippen molar-refractivity contribution in [1.29, 1.82) is 0 Å². The summed E-state index contributed by atoms with van der Waals surface area (Å²) in [5.41, 5.74) is 1.58. The molecule has 178 valence electrons. The number of hydrogen-bond donors (Lipinski definition) is 2. The molecule has 1 unspecified atom stereocenters. The van der Waals surface area contributed by atoms with Crippen molar-refractivity contribution in [2.75, 3.05) is 24.9 Å². The molecule has 0 fully saturated rings. The average molecular weight is 519 g/mol. The van der Waals surface area contributed by atoms with Gasteiger partial charge in [-0.1, -0.05) is 36.2 Å². The van der Waals surface area contributed by atoms with Crippen molar-refractivity contribution < 1.29 is 19.1 Å². The highest BCUT2D eigenvalue weighted by molar-refractivity contribution is 8.00. The zero-order chi connectivity index (χ0) is 24.7. The fourth-order valence-electron chi connectivity index (χ4n) is 3.16. The van der Waals surface area contributed by atoms with Crippen LogP contribution in [0.4, 0.5) is 11.4 Å². The first-order valence-corrected chi connectivity index (χ1v) is 12.0. The second-order valence-corrected chi connectivity index (χ2v) is 9.36. The lowest BCUT2D eigenvalue weighted by Gasteiger charge is -2.16. The molecule has 0 aliphatic rings. The summed E-state index contributed by atoms with van der Waals surface area (Å²) in [6.45, 7) is 1.94. The van der Waals surface area contributed by atoms with Gasteiger partial charge in [-0.2, -0.15) is 0 Å². The number of carbonyl (C=O) groups is 2. The van der Waals surface area contributed by atoms with Crippen molar-refractivity contribution in [3.8, 4) is 11.5 Å². The van der Waals surface area contributed by atoms with E-state index in [0.29, 0.717) is 44.9 Å². The Morgan fingerprint density at radius 3 is 2.24 bits per heavy atom. The average Bonchev–Trinajstić information content (AvgIpc) is 2.81. The summed E-state index contributed by atoms with van der Waals surface area (Å²) in [5, 5.41) is 6.28. The first-order valence-electron chi connectivity index (χ1n) is 10.4. The van der Waals surface area contributed by atoms with Crippen LogP contribution in [-0.2, 0) is 4.79 Å². The predicted molar refractivity (Wildman–Crippen MR) is 139 cm³/mol. The molecule has 0 bridgehead atoms. The number of anilines is 2. The molecule has 0 saturated carbocycles. The van der Waals surface area contributed by atoms with Gasteiger partial charge in [0, 0.05) is 31.9 Å². The molecule has 0 radical (unpaired) electrons. The van der Waals surface area contributed by atoms with E-state index < -0.39 is 0 Å². The third-order valence-corrected chi connectivity index (χ3v) is 6.60. The molecule has 1 atom stereocenters. The first-order chi connectivity index (χ1) is 16.3. The van der Waals surface area contributed by atoms with Crippen LogP contribution in [0.3, 0.4) is 0 Å². The number of methoxy groups -OCH3 is 2. The Balaban J connectivity index is 1.69. The maximum Gasteiger partial charge on any atom is 0.255 e. The van der Waals surface area contributed by atoms with E-state index in [4.69, 9.17) is 32.7 Å². The number of hydrogen-bond acceptors (Lipinski definition) is 5. The van der Waals surface area contributed by atoms with Crippen LogP contribution in [0.1, 0.15) is 23.7 Å². The summed E-state index contributed by atoms with van der Waals surface area (Å²) in [5.74, 6) is 0.565. The van der Waals surface area contributed by atoms with Crippen LogP contribution in [0.5, 0.6) is 11.5 Å². The van der Waals surface area contributed by atoms with E-state index in [2.05, 4.69) is 10.6 Å². The lowest BCUT2D eigenvalue weighted by Crippen LogP contribution is -2.24. The van der Waals surface area contributed by atoms with E-state index in [1.165, 1.54) is 26.0 Å². The molecule has 3 aromatic carbocycles. The fraction of sp³-hybridized carbons (Fsp3) is 0.200. The lowest BCUT2D eigenvalue weighted by atomic mass is 10.2. The SMILES string of the molecule is CCC(Sc1cccc(NC(=O)c2ccc(OC)c(OC)c2)c1)C(=O)Nc1cc(Cl)cc(Cl)c1. The number of halogens is 2. The topological polar surface area (TPSA) is 76.7 Å². The summed E-state index contributed by atoms with van der Waals surface area (Å²) in [6, 6.07) is 17.2. The molecular formula is C25H24Cl2N2O4S. The minimum absolute atomic E-state index is 0.161. The van der Waals surface area contributed by atoms with Gasteiger partial charge >= 0.3 is 0 Å². The monoisotopic (exact) mass is 518 g/mol. The summed E-state index contributed by atoms with van der Waals surface area (Å²) in [7, 11) is 3.05. The maximum atomic E-state index is 12.8. The van der Waals surface area contributed by atoms with Crippen molar-refractivity contribution in [2.45, 2.75) is 23.5 Å². The molecule has 2 amide bonds. The molecule has 0 spiro atoms. The second kappa shape index (κ2) is 12.0. The van der Waals surface area contributed by atoms with Crippen molar-refractivity contribution in [3.63, 3.8) is 0 Å². The van der Waals surface area contributed by atoms with Crippen LogP contribution in [-0.4, -0.2) is 31.3 Å². The van der Waals surface area contributed by atoms with Crippen LogP contribution in [0.15, 0.2) is 65.6 Å². The maximum absolute atomic E-state index is 12.8. The van der Waals surface area contributed by atoms with Crippen molar-refractivity contribution in [3.05, 3.63) is 76.3 Å². The molecule has 6 nitrogen and oxygen atoms in total. The van der Waals surface area contributed by atoms with Gasteiger partial charge in [-0.3, -0.25) is 9.59 Å². The van der Waals surface area contributed by atoms with Crippen LogP contribution in [0, 0.1) is 0 Å². The Bertz CT molecular complexity index is 1170. The normalized spacial score (nSPS) is 11.4. The van der Waals surface area contributed by atoms with Crippen LogP contribution in [0.25, 0.3) is 0 Å². The highest BCUT2D eigenvalue weighted by Crippen LogP contribution is 2.31. The molecule has 0 saturated heterocycles. The number of ether oxygens (including phenoxy) is 2. The quantitative estimate of drug-likeness (QED) is 0.305. The van der Waals surface area contributed by atoms with E-state index in [1.54, 1.807) is 42.5 Å². The Morgan fingerprint density at radius 1 is 0.882 bits per heavy atom. The van der Waals surface area contributed by atoms with Gasteiger partial charge in [-0.15, -0.1) is 11.8 Å². The van der Waals surface area contributed by atoms with Crippen molar-refractivity contribution >= 4 is 58.2 Å². The Labute approximate surface area is 212 Å². The largest absolute Gasteiger partial charge is 0.493 e. The van der Waals surface area contributed by atoms with E-state index in [9.17, 15) is 9.59 Å². The van der Waals surface area contributed by atoms with Gasteiger partial charge in [0.25, 0.3) is 5.91 Å². The highest BCUT2D eigenvalue weighted by atomic mass is 35.5. The molecule has 3 aromatic rings. The summed E-state index contributed by atoms with van der Waals surface area (Å²) in [6.07, 6.45) is 0.604. The Morgan fingerprint density at radius 2 is 1.59 bits per heavy atom. The molecule has 34 heavy (non-hydrogen) atoms. The summed E-state index contributed by atoms with van der Waals surface area (Å²) >= 11 is 13.5. The molecule has 0 heterocycles. The standard InChI is InChI=1S/C25H24Cl2N2O4S/c1-4-23(25(31)29-19-12-16(26)11-17(27)13-19)34-20-7-5-6-18(14-20)28-24(30)15-8-9-21(32-2)22(10-15)33-3/h5-14,23H,4H2,1-3H3,(H,28,30)(H,29,31). The number of carbonyl (C=O) groups excluding carboxylic acids is 2. The van der Waals surface area contributed by atoms with E-state index in [-0.39, 0.29) is 17.1 Å². The molecule has 3 rings (SSSR count). The van der Waals surface area contributed by atoms with Gasteiger partial charge < -0.3 is 20.1 Å². The number of thioether (sulfide) groups is 1. The molecule has 0 aromatic heterocycles. The Kier molecular flexibility index (Phi) is 9.10. The van der Waals surface area contributed by atoms with Crippen LogP contribution < -0.4 is 20.1 Å². The zero-order valence-electron chi connectivity index (χ0n) is 18.9. The van der Waals surface area contributed by atoms with Crippen LogP contribution >= 0.6 is 35.0 Å². The number of amides is 2. The number of nitrogens with one attached hydrogen (secondary N) is 2. The lowest BCUT2D eigenvalue weighted by molar-refractivity contribution is -0.115. The van der Waals surface area contributed by atoms with E-state index >= 15 is 0 Å². The van der Waals surface area contributed by atoms with Gasteiger partial charge in [-0.05, 0) is 61.0 Å². The number of rotatable bonds is 9.